The molecule has 1 atom stereocenters. The van der Waals surface area contributed by atoms with E-state index >= 15 is 0 Å². The number of carbonyl (C=O) groups is 2. The monoisotopic (exact) mass is 254 g/mol. The zero-order valence-electron chi connectivity index (χ0n) is 9.34. The molecule has 96 valence electrons. The molecule has 0 bridgehead atoms. The van der Waals surface area contributed by atoms with Gasteiger partial charge in [-0.3, -0.25) is 19.3 Å². The van der Waals surface area contributed by atoms with Gasteiger partial charge in [-0.05, 0) is 12.1 Å². The molecular weight excluding hydrogens is 243 g/mol. The molecule has 0 heterocycles. The average Bonchev–Trinajstić information content (AvgIpc) is 2.38. The highest BCUT2D eigenvalue weighted by Crippen LogP contribution is 2.25. The normalized spacial score (nSPS) is 11.6. The highest BCUT2D eigenvalue weighted by molar-refractivity contribution is 5.80. The Morgan fingerprint density at radius 1 is 1.44 bits per heavy atom. The minimum atomic E-state index is -0.837. The number of hydrogen-bond donors (Lipinski definition) is 1. The van der Waals surface area contributed by atoms with Crippen molar-refractivity contribution >= 4 is 23.9 Å². The topological polar surface area (TPSA) is 89.3 Å². The van der Waals surface area contributed by atoms with Crippen molar-refractivity contribution in [3.8, 4) is 0 Å². The maximum Gasteiger partial charge on any atom is 0.293 e. The molecule has 0 amide bonds. The van der Waals surface area contributed by atoms with Gasteiger partial charge >= 0.3 is 0 Å². The number of hydrogen-bond acceptors (Lipinski definition) is 5. The lowest BCUT2D eigenvalue weighted by Crippen LogP contribution is -2.22. The lowest BCUT2D eigenvalue weighted by atomic mass is 10.1. The van der Waals surface area contributed by atoms with Crippen LogP contribution in [0.25, 0.3) is 0 Å². The number of anilines is 1. The van der Waals surface area contributed by atoms with E-state index < -0.39 is 17.6 Å². The van der Waals surface area contributed by atoms with Crippen LogP contribution in [0.1, 0.15) is 16.8 Å². The molecule has 0 aliphatic heterocycles. The molecule has 0 spiro atoms. The van der Waals surface area contributed by atoms with Crippen molar-refractivity contribution in [3.05, 3.63) is 33.9 Å². The van der Waals surface area contributed by atoms with Crippen molar-refractivity contribution in [3.63, 3.8) is 0 Å². The molecule has 0 saturated heterocycles. The van der Waals surface area contributed by atoms with E-state index in [4.69, 9.17) is 0 Å². The van der Waals surface area contributed by atoms with Gasteiger partial charge in [0.05, 0.1) is 17.6 Å². The van der Waals surface area contributed by atoms with Crippen LogP contribution in [0.4, 0.5) is 15.8 Å². The lowest BCUT2D eigenvalue weighted by Gasteiger charge is -2.12. The van der Waals surface area contributed by atoms with Crippen LogP contribution in [-0.4, -0.2) is 30.2 Å². The van der Waals surface area contributed by atoms with Crippen LogP contribution in [0.3, 0.4) is 0 Å². The molecule has 6 nitrogen and oxygen atoms in total. The lowest BCUT2D eigenvalue weighted by molar-refractivity contribution is -0.384. The minimum Gasteiger partial charge on any atom is -0.370 e. The van der Waals surface area contributed by atoms with E-state index in [1.165, 1.54) is 12.1 Å². The van der Waals surface area contributed by atoms with Crippen molar-refractivity contribution in [2.75, 3.05) is 12.0 Å². The third-order valence-corrected chi connectivity index (χ3v) is 2.28. The van der Waals surface area contributed by atoms with Gasteiger partial charge in [0.15, 0.2) is 0 Å². The molecule has 0 fully saturated rings. The number of benzene rings is 1. The Kier molecular flexibility index (Phi) is 4.91. The number of nitro benzene ring substituents is 1. The summed E-state index contributed by atoms with van der Waals surface area (Å²) in [7, 11) is 0. The quantitative estimate of drug-likeness (QED) is 0.455. The zero-order chi connectivity index (χ0) is 13.5. The van der Waals surface area contributed by atoms with Gasteiger partial charge < -0.3 is 10.1 Å². The second kappa shape index (κ2) is 6.43. The first-order chi connectivity index (χ1) is 8.62. The number of nitrogens with one attached hydrogen (secondary N) is 1. The van der Waals surface area contributed by atoms with Gasteiger partial charge in [-0.1, -0.05) is 0 Å². The van der Waals surface area contributed by atoms with Crippen molar-refractivity contribution in [1.82, 2.24) is 0 Å². The molecule has 7 heteroatoms. The van der Waals surface area contributed by atoms with Crippen LogP contribution >= 0.6 is 0 Å². The third-order valence-electron chi connectivity index (χ3n) is 2.28. The minimum absolute atomic E-state index is 0.0733. The fraction of sp³-hybridized carbons (Fsp3) is 0.273. The molecule has 0 aliphatic carbocycles. The molecule has 1 unspecified atom stereocenters. The maximum atomic E-state index is 12.1. The molecule has 1 rings (SSSR count). The number of alkyl halides is 1. The summed E-state index contributed by atoms with van der Waals surface area (Å²) in [6.45, 7) is -0.712. The average molecular weight is 254 g/mol. The van der Waals surface area contributed by atoms with E-state index in [0.717, 1.165) is 6.07 Å². The summed E-state index contributed by atoms with van der Waals surface area (Å²) >= 11 is 0. The zero-order valence-corrected chi connectivity index (χ0v) is 9.34. The Balaban J connectivity index is 3.03. The number of halogens is 1. The van der Waals surface area contributed by atoms with Crippen LogP contribution in [0, 0.1) is 10.1 Å². The first kappa shape index (κ1) is 13.8. The molecule has 18 heavy (non-hydrogen) atoms. The smallest absolute Gasteiger partial charge is 0.293 e. The predicted octanol–water partition coefficient (Wildman–Crippen LogP) is 1.75. The van der Waals surface area contributed by atoms with Crippen LogP contribution in [0.15, 0.2) is 18.2 Å². The van der Waals surface area contributed by atoms with Crippen molar-refractivity contribution in [2.24, 2.45) is 0 Å². The molecule has 0 saturated carbocycles. The van der Waals surface area contributed by atoms with E-state index in [0.29, 0.717) is 12.6 Å². The van der Waals surface area contributed by atoms with Crippen molar-refractivity contribution in [1.29, 1.82) is 0 Å². The van der Waals surface area contributed by atoms with E-state index in [9.17, 15) is 24.1 Å². The Hall–Kier alpha value is -2.31. The summed E-state index contributed by atoms with van der Waals surface area (Å²) < 4.78 is 12.1. The van der Waals surface area contributed by atoms with Crippen molar-refractivity contribution < 1.29 is 18.9 Å². The predicted molar refractivity (Wildman–Crippen MR) is 62.6 cm³/mol. The summed E-state index contributed by atoms with van der Waals surface area (Å²) in [5, 5.41) is 13.4. The Bertz CT molecular complexity index is 464. The SMILES string of the molecule is O=Cc1ccc(NC(C=O)CCF)c([N+](=O)[O-])c1. The summed E-state index contributed by atoms with van der Waals surface area (Å²) in [4.78, 5) is 31.3. The standard InChI is InChI=1S/C11H11FN2O4/c12-4-3-9(7-16)13-10-2-1-8(6-15)5-11(10)14(17)18/h1-2,5-7,9,13H,3-4H2. The maximum absolute atomic E-state index is 12.1. The summed E-state index contributed by atoms with van der Waals surface area (Å²) in [5.74, 6) is 0. The molecule has 1 N–H and O–H groups in total. The molecule has 1 aromatic rings. The summed E-state index contributed by atoms with van der Waals surface area (Å²) in [6.07, 6.45) is 0.891. The van der Waals surface area contributed by atoms with Gasteiger partial charge in [0.25, 0.3) is 5.69 Å². The first-order valence-corrected chi connectivity index (χ1v) is 5.13. The number of nitrogens with zero attached hydrogens (tertiary/aromatic N) is 1. The second-order valence-corrected chi connectivity index (χ2v) is 3.52. The number of rotatable bonds is 7. The summed E-state index contributed by atoms with van der Waals surface area (Å²) in [6, 6.07) is 2.94. The third kappa shape index (κ3) is 3.34. The van der Waals surface area contributed by atoms with Crippen LogP contribution < -0.4 is 5.32 Å². The Morgan fingerprint density at radius 3 is 2.67 bits per heavy atom. The van der Waals surface area contributed by atoms with Crippen LogP contribution in [0.2, 0.25) is 0 Å². The number of nitro groups is 1. The second-order valence-electron chi connectivity index (χ2n) is 3.52. The van der Waals surface area contributed by atoms with Gasteiger partial charge in [0, 0.05) is 18.1 Å². The summed E-state index contributed by atoms with van der Waals surface area (Å²) in [5.41, 5.74) is -0.0955. The van der Waals surface area contributed by atoms with E-state index in [1.807, 2.05) is 0 Å². The number of carbonyl (C=O) groups excluding carboxylic acids is 2. The molecule has 1 aromatic carbocycles. The Morgan fingerprint density at radius 2 is 2.17 bits per heavy atom. The highest BCUT2D eigenvalue weighted by atomic mass is 19.1. The van der Waals surface area contributed by atoms with Crippen molar-refractivity contribution in [2.45, 2.75) is 12.5 Å². The van der Waals surface area contributed by atoms with Gasteiger partial charge in [-0.15, -0.1) is 0 Å². The van der Waals surface area contributed by atoms with Gasteiger partial charge in [-0.25, -0.2) is 0 Å². The first-order valence-electron chi connectivity index (χ1n) is 5.13. The van der Waals surface area contributed by atoms with Crippen LogP contribution in [0.5, 0.6) is 0 Å². The number of aldehydes is 2. The van der Waals surface area contributed by atoms with Crippen LogP contribution in [-0.2, 0) is 4.79 Å². The van der Waals surface area contributed by atoms with Gasteiger partial charge in [-0.2, -0.15) is 0 Å². The fourth-order valence-electron chi connectivity index (χ4n) is 1.39. The fourth-order valence-corrected chi connectivity index (χ4v) is 1.39. The highest BCUT2D eigenvalue weighted by Gasteiger charge is 2.17. The molecule has 0 aliphatic rings. The Labute approximate surface area is 102 Å². The molecular formula is C11H11FN2O4. The van der Waals surface area contributed by atoms with E-state index in [-0.39, 0.29) is 23.4 Å². The van der Waals surface area contributed by atoms with Gasteiger partial charge in [0.1, 0.15) is 18.3 Å². The molecule has 0 radical (unpaired) electrons. The largest absolute Gasteiger partial charge is 0.370 e. The van der Waals surface area contributed by atoms with E-state index in [2.05, 4.69) is 5.32 Å². The van der Waals surface area contributed by atoms with Gasteiger partial charge in [0.2, 0.25) is 0 Å². The van der Waals surface area contributed by atoms with E-state index in [1.54, 1.807) is 0 Å². The molecule has 0 aromatic heterocycles.